The van der Waals surface area contributed by atoms with Crippen molar-refractivity contribution in [2.45, 2.75) is 24.8 Å². The van der Waals surface area contributed by atoms with Crippen LogP contribution in [0.1, 0.15) is 28.4 Å². The molecule has 0 aliphatic heterocycles. The predicted octanol–water partition coefficient (Wildman–Crippen LogP) is 4.33. The zero-order valence-electron chi connectivity index (χ0n) is 17.8. The molecule has 31 heavy (non-hydrogen) atoms. The normalized spacial score (nSPS) is 11.4. The van der Waals surface area contributed by atoms with Crippen molar-refractivity contribution >= 4 is 21.6 Å². The molecular weight excluding hydrogens is 412 g/mol. The van der Waals surface area contributed by atoms with E-state index in [-0.39, 0.29) is 17.3 Å². The highest BCUT2D eigenvalue weighted by Crippen LogP contribution is 2.20. The van der Waals surface area contributed by atoms with Crippen LogP contribution in [0.25, 0.3) is 0 Å². The first-order valence-corrected chi connectivity index (χ1v) is 11.4. The van der Waals surface area contributed by atoms with E-state index in [1.807, 2.05) is 24.3 Å². The number of ether oxygens (including phenoxy) is 1. The number of nitrogens with zero attached hydrogens (tertiary/aromatic N) is 1. The van der Waals surface area contributed by atoms with Crippen LogP contribution < -0.4 is 10.1 Å². The average Bonchev–Trinajstić information content (AvgIpc) is 2.80. The number of benzene rings is 3. The Morgan fingerprint density at radius 3 is 2.03 bits per heavy atom. The van der Waals surface area contributed by atoms with Crippen LogP contribution in [0.4, 0.5) is 5.69 Å². The van der Waals surface area contributed by atoms with Crippen molar-refractivity contribution in [2.24, 2.45) is 0 Å². The molecule has 3 aromatic rings. The van der Waals surface area contributed by atoms with Gasteiger partial charge in [-0.3, -0.25) is 4.79 Å². The highest BCUT2D eigenvalue weighted by atomic mass is 32.2. The Morgan fingerprint density at radius 2 is 1.48 bits per heavy atom. The van der Waals surface area contributed by atoms with Gasteiger partial charge in [-0.15, -0.1) is 0 Å². The number of aryl methyl sites for hydroxylation is 1. The van der Waals surface area contributed by atoms with E-state index >= 15 is 0 Å². The highest BCUT2D eigenvalue weighted by Gasteiger charge is 2.21. The van der Waals surface area contributed by atoms with Crippen LogP contribution in [-0.2, 0) is 23.0 Å². The fourth-order valence-corrected chi connectivity index (χ4v) is 4.22. The minimum atomic E-state index is -3.64. The lowest BCUT2D eigenvalue weighted by Crippen LogP contribution is -2.26. The first kappa shape index (κ1) is 22.5. The monoisotopic (exact) mass is 438 g/mol. The Bertz CT molecular complexity index is 1120. The van der Waals surface area contributed by atoms with Gasteiger partial charge < -0.3 is 10.1 Å². The molecule has 0 aromatic heterocycles. The van der Waals surface area contributed by atoms with Gasteiger partial charge in [-0.1, -0.05) is 31.2 Å². The molecule has 1 N–H and O–H groups in total. The van der Waals surface area contributed by atoms with E-state index in [0.29, 0.717) is 11.3 Å². The van der Waals surface area contributed by atoms with Crippen LogP contribution in [0.2, 0.25) is 0 Å². The van der Waals surface area contributed by atoms with Gasteiger partial charge in [0.2, 0.25) is 10.0 Å². The molecule has 0 aliphatic carbocycles. The minimum absolute atomic E-state index is 0.189. The fraction of sp³-hybridized carbons (Fsp3) is 0.208. The molecule has 0 heterocycles. The second kappa shape index (κ2) is 9.76. The summed E-state index contributed by atoms with van der Waals surface area (Å²) in [4.78, 5) is 12.7. The van der Waals surface area contributed by atoms with Crippen LogP contribution in [0, 0.1) is 0 Å². The van der Waals surface area contributed by atoms with E-state index in [1.165, 1.54) is 36.2 Å². The van der Waals surface area contributed by atoms with E-state index in [0.717, 1.165) is 17.7 Å². The van der Waals surface area contributed by atoms with Gasteiger partial charge in [0.05, 0.1) is 12.0 Å². The fourth-order valence-electron chi connectivity index (χ4n) is 3.06. The molecule has 0 radical (unpaired) electrons. The molecule has 0 saturated carbocycles. The molecule has 0 bridgehead atoms. The molecule has 0 aliphatic rings. The quantitative estimate of drug-likeness (QED) is 0.568. The van der Waals surface area contributed by atoms with Gasteiger partial charge in [0.1, 0.15) is 5.75 Å². The van der Waals surface area contributed by atoms with Gasteiger partial charge in [0, 0.05) is 24.8 Å². The van der Waals surface area contributed by atoms with Crippen molar-refractivity contribution in [3.63, 3.8) is 0 Å². The van der Waals surface area contributed by atoms with Crippen molar-refractivity contribution in [1.29, 1.82) is 0 Å². The first-order chi connectivity index (χ1) is 14.8. The summed E-state index contributed by atoms with van der Waals surface area (Å²) in [5.41, 5.74) is 3.22. The summed E-state index contributed by atoms with van der Waals surface area (Å²) in [6, 6.07) is 20.9. The standard InChI is InChI=1S/C24H26N2O4S/c1-4-18-7-11-21(12-8-18)25-24(27)20-9-5-19(6-10-20)17-26(2)31(28,29)23-15-13-22(30-3)14-16-23/h5-16H,4,17H2,1-3H3,(H,25,27). The van der Waals surface area contributed by atoms with Gasteiger partial charge in [-0.25, -0.2) is 8.42 Å². The van der Waals surface area contributed by atoms with Gasteiger partial charge in [0.25, 0.3) is 5.91 Å². The summed E-state index contributed by atoms with van der Waals surface area (Å²) in [5.74, 6) is 0.381. The molecule has 6 nitrogen and oxygen atoms in total. The lowest BCUT2D eigenvalue weighted by molar-refractivity contribution is 0.102. The third kappa shape index (κ3) is 5.51. The Kier molecular flexibility index (Phi) is 7.09. The molecule has 3 rings (SSSR count). The van der Waals surface area contributed by atoms with E-state index in [9.17, 15) is 13.2 Å². The van der Waals surface area contributed by atoms with E-state index < -0.39 is 10.0 Å². The molecule has 0 fully saturated rings. The Hall–Kier alpha value is -3.16. The smallest absolute Gasteiger partial charge is 0.255 e. The lowest BCUT2D eigenvalue weighted by Gasteiger charge is -2.17. The Labute approximate surface area is 183 Å². The maximum atomic E-state index is 12.8. The van der Waals surface area contributed by atoms with E-state index in [4.69, 9.17) is 4.74 Å². The summed E-state index contributed by atoms with van der Waals surface area (Å²) in [6.45, 7) is 2.27. The van der Waals surface area contributed by atoms with Crippen molar-refractivity contribution in [1.82, 2.24) is 4.31 Å². The molecule has 0 saturated heterocycles. The number of hydrogen-bond donors (Lipinski definition) is 1. The average molecular weight is 439 g/mol. The summed E-state index contributed by atoms with van der Waals surface area (Å²) in [5, 5.41) is 2.87. The SMILES string of the molecule is CCc1ccc(NC(=O)c2ccc(CN(C)S(=O)(=O)c3ccc(OC)cc3)cc2)cc1. The zero-order valence-corrected chi connectivity index (χ0v) is 18.6. The predicted molar refractivity (Wildman–Crippen MR) is 122 cm³/mol. The molecule has 3 aromatic carbocycles. The maximum absolute atomic E-state index is 12.8. The molecule has 0 unspecified atom stereocenters. The van der Waals surface area contributed by atoms with Crippen LogP contribution in [-0.4, -0.2) is 32.8 Å². The van der Waals surface area contributed by atoms with E-state index in [2.05, 4.69) is 12.2 Å². The van der Waals surface area contributed by atoms with Crippen LogP contribution in [0.5, 0.6) is 5.75 Å². The molecule has 162 valence electrons. The number of sulfonamides is 1. The number of amides is 1. The summed E-state index contributed by atoms with van der Waals surface area (Å²) in [7, 11) is -0.579. The number of hydrogen-bond acceptors (Lipinski definition) is 4. The third-order valence-electron chi connectivity index (χ3n) is 5.01. The molecular formula is C24H26N2O4S. The summed E-state index contributed by atoms with van der Waals surface area (Å²) < 4.78 is 31.9. The van der Waals surface area contributed by atoms with Gasteiger partial charge in [-0.05, 0) is 66.1 Å². The Morgan fingerprint density at radius 1 is 0.903 bits per heavy atom. The van der Waals surface area contributed by atoms with Gasteiger partial charge >= 0.3 is 0 Å². The number of nitrogens with one attached hydrogen (secondary N) is 1. The summed E-state index contributed by atoms with van der Waals surface area (Å²) in [6.07, 6.45) is 0.943. The highest BCUT2D eigenvalue weighted by molar-refractivity contribution is 7.89. The van der Waals surface area contributed by atoms with Gasteiger partial charge in [-0.2, -0.15) is 4.31 Å². The summed E-state index contributed by atoms with van der Waals surface area (Å²) >= 11 is 0. The van der Waals surface area contributed by atoms with Crippen LogP contribution in [0.15, 0.2) is 77.7 Å². The van der Waals surface area contributed by atoms with Crippen molar-refractivity contribution in [3.8, 4) is 5.75 Å². The van der Waals surface area contributed by atoms with Crippen LogP contribution >= 0.6 is 0 Å². The second-order valence-corrected chi connectivity index (χ2v) is 9.18. The van der Waals surface area contributed by atoms with Gasteiger partial charge in [0.15, 0.2) is 0 Å². The van der Waals surface area contributed by atoms with Crippen molar-refractivity contribution in [3.05, 3.63) is 89.5 Å². The van der Waals surface area contributed by atoms with Crippen molar-refractivity contribution in [2.75, 3.05) is 19.5 Å². The second-order valence-electron chi connectivity index (χ2n) is 7.14. The number of carbonyl (C=O) groups excluding carboxylic acids is 1. The number of rotatable bonds is 8. The zero-order chi connectivity index (χ0) is 22.4. The molecule has 1 amide bonds. The molecule has 0 spiro atoms. The maximum Gasteiger partial charge on any atom is 0.255 e. The number of carbonyl (C=O) groups is 1. The largest absolute Gasteiger partial charge is 0.497 e. The van der Waals surface area contributed by atoms with E-state index in [1.54, 1.807) is 36.4 Å². The Balaban J connectivity index is 1.65. The first-order valence-electron chi connectivity index (χ1n) is 9.93. The number of methoxy groups -OCH3 is 1. The van der Waals surface area contributed by atoms with Crippen molar-refractivity contribution < 1.29 is 17.9 Å². The topological polar surface area (TPSA) is 75.7 Å². The number of anilines is 1. The van der Waals surface area contributed by atoms with Crippen LogP contribution in [0.3, 0.4) is 0 Å². The molecule has 7 heteroatoms. The minimum Gasteiger partial charge on any atom is -0.497 e. The molecule has 0 atom stereocenters. The third-order valence-corrected chi connectivity index (χ3v) is 6.83. The lowest BCUT2D eigenvalue weighted by atomic mass is 10.1.